The molecule has 6 nitrogen and oxygen atoms in total. The Kier molecular flexibility index (Phi) is 4.62. The van der Waals surface area contributed by atoms with E-state index in [1.807, 2.05) is 7.05 Å². The Morgan fingerprint density at radius 2 is 2.24 bits per heavy atom. The second-order valence-electron chi connectivity index (χ2n) is 4.83. The third-order valence-electron chi connectivity index (χ3n) is 3.88. The highest BCUT2D eigenvalue weighted by Gasteiger charge is 2.34. The topological polar surface area (TPSA) is 72.0 Å². The van der Waals surface area contributed by atoms with E-state index in [-0.39, 0.29) is 11.6 Å². The summed E-state index contributed by atoms with van der Waals surface area (Å²) in [4.78, 5) is 6.45. The highest BCUT2D eigenvalue weighted by Crippen LogP contribution is 2.22. The molecule has 0 aromatic carbocycles. The maximum Gasteiger partial charge on any atom is 0.138 e. The number of nitrogens with zero attached hydrogens (tertiary/aromatic N) is 4. The molecule has 1 rings (SSSR count). The Labute approximate surface area is 103 Å². The molecule has 0 saturated heterocycles. The molecule has 6 heteroatoms. The zero-order valence-corrected chi connectivity index (χ0v) is 11.4. The molecule has 0 saturated carbocycles. The average Bonchev–Trinajstić information content (AvgIpc) is 2.70. The smallest absolute Gasteiger partial charge is 0.138 e. The molecule has 98 valence electrons. The van der Waals surface area contributed by atoms with Crippen LogP contribution in [0.2, 0.25) is 0 Å². The maximum absolute atomic E-state index is 5.70. The Hall–Kier alpha value is -0.980. The summed E-state index contributed by atoms with van der Waals surface area (Å²) >= 11 is 0. The van der Waals surface area contributed by atoms with Gasteiger partial charge in [-0.25, -0.2) is 4.98 Å². The van der Waals surface area contributed by atoms with Gasteiger partial charge in [0.1, 0.15) is 12.2 Å². The third-order valence-corrected chi connectivity index (χ3v) is 3.88. The number of rotatable bonds is 6. The van der Waals surface area contributed by atoms with Gasteiger partial charge in [0.15, 0.2) is 0 Å². The van der Waals surface area contributed by atoms with E-state index in [2.05, 4.69) is 48.4 Å². The van der Waals surface area contributed by atoms with E-state index in [1.165, 1.54) is 0 Å². The van der Waals surface area contributed by atoms with Crippen molar-refractivity contribution in [3.8, 4) is 0 Å². The average molecular weight is 240 g/mol. The minimum atomic E-state index is -0.0132. The van der Waals surface area contributed by atoms with Gasteiger partial charge in [-0.05, 0) is 27.4 Å². The summed E-state index contributed by atoms with van der Waals surface area (Å²) in [5, 5.41) is 4.08. The Morgan fingerprint density at radius 3 is 2.59 bits per heavy atom. The van der Waals surface area contributed by atoms with Crippen molar-refractivity contribution < 1.29 is 0 Å². The predicted molar refractivity (Wildman–Crippen MR) is 68.2 cm³/mol. The number of aromatic nitrogens is 3. The molecule has 0 radical (unpaired) electrons. The zero-order valence-electron chi connectivity index (χ0n) is 11.4. The lowest BCUT2D eigenvalue weighted by Crippen LogP contribution is -2.59. The number of nitrogens with two attached hydrogens (primary N) is 1. The highest BCUT2D eigenvalue weighted by molar-refractivity contribution is 5.00. The van der Waals surface area contributed by atoms with E-state index in [4.69, 9.17) is 5.84 Å². The van der Waals surface area contributed by atoms with E-state index >= 15 is 0 Å². The van der Waals surface area contributed by atoms with Gasteiger partial charge in [0.2, 0.25) is 0 Å². The number of hydrogen-bond donors (Lipinski definition) is 2. The summed E-state index contributed by atoms with van der Waals surface area (Å²) in [6, 6.07) is 0.130. The van der Waals surface area contributed by atoms with Crippen LogP contribution in [0.15, 0.2) is 6.33 Å². The summed E-state index contributed by atoms with van der Waals surface area (Å²) in [7, 11) is 6.05. The van der Waals surface area contributed by atoms with Crippen LogP contribution in [0.5, 0.6) is 0 Å². The van der Waals surface area contributed by atoms with Gasteiger partial charge in [0.05, 0.1) is 0 Å². The molecule has 0 amide bonds. The van der Waals surface area contributed by atoms with Crippen LogP contribution in [0.25, 0.3) is 0 Å². The molecule has 0 fully saturated rings. The second-order valence-corrected chi connectivity index (χ2v) is 4.83. The van der Waals surface area contributed by atoms with E-state index in [0.717, 1.165) is 18.7 Å². The molecule has 0 aliphatic heterocycles. The number of hydrogen-bond acceptors (Lipinski definition) is 5. The molecule has 0 aliphatic carbocycles. The van der Waals surface area contributed by atoms with Crippen molar-refractivity contribution in [2.75, 3.05) is 14.1 Å². The number of aryl methyl sites for hydroxylation is 1. The summed E-state index contributed by atoms with van der Waals surface area (Å²) in [6.07, 6.45) is 3.34. The van der Waals surface area contributed by atoms with Gasteiger partial charge in [-0.2, -0.15) is 5.10 Å². The third kappa shape index (κ3) is 2.83. The quantitative estimate of drug-likeness (QED) is 0.537. The number of hydrazine groups is 1. The van der Waals surface area contributed by atoms with Crippen molar-refractivity contribution in [3.63, 3.8) is 0 Å². The normalized spacial score (nSPS) is 17.1. The number of nitrogens with one attached hydrogen (secondary N) is 1. The fourth-order valence-corrected chi connectivity index (χ4v) is 2.02. The molecule has 1 aromatic heterocycles. The lowest BCUT2D eigenvalue weighted by atomic mass is 9.86. The van der Waals surface area contributed by atoms with Crippen molar-refractivity contribution in [1.82, 2.24) is 25.1 Å². The van der Waals surface area contributed by atoms with Crippen LogP contribution in [0.1, 0.15) is 26.1 Å². The molecule has 2 atom stereocenters. The van der Waals surface area contributed by atoms with Crippen molar-refractivity contribution in [3.05, 3.63) is 12.2 Å². The van der Waals surface area contributed by atoms with Crippen molar-refractivity contribution in [1.29, 1.82) is 0 Å². The lowest BCUT2D eigenvalue weighted by Gasteiger charge is -2.42. The minimum absolute atomic E-state index is 0.0132. The van der Waals surface area contributed by atoms with Gasteiger partial charge in [-0.1, -0.05) is 6.92 Å². The molecule has 2 unspecified atom stereocenters. The molecule has 3 N–H and O–H groups in total. The van der Waals surface area contributed by atoms with Crippen molar-refractivity contribution >= 4 is 0 Å². The molecule has 0 spiro atoms. The molecule has 1 heterocycles. The molecule has 17 heavy (non-hydrogen) atoms. The Bertz CT molecular complexity index is 347. The van der Waals surface area contributed by atoms with Crippen LogP contribution >= 0.6 is 0 Å². The first kappa shape index (κ1) is 14.1. The van der Waals surface area contributed by atoms with Crippen LogP contribution < -0.4 is 11.3 Å². The summed E-state index contributed by atoms with van der Waals surface area (Å²) in [6.45, 7) is 4.37. The van der Waals surface area contributed by atoms with E-state index in [0.29, 0.717) is 0 Å². The minimum Gasteiger partial charge on any atom is -0.302 e. The van der Waals surface area contributed by atoms with Crippen LogP contribution in [-0.4, -0.2) is 45.3 Å². The van der Waals surface area contributed by atoms with Gasteiger partial charge < -0.3 is 4.90 Å². The largest absolute Gasteiger partial charge is 0.302 e. The van der Waals surface area contributed by atoms with E-state index < -0.39 is 0 Å². The first-order valence-corrected chi connectivity index (χ1v) is 5.92. The van der Waals surface area contributed by atoms with Gasteiger partial charge in [-0.15, -0.1) is 0 Å². The standard InChI is InChI=1S/C11H24N6/c1-6-11(2,16(3)4)9(15-12)7-10-13-8-14-17(10)5/h8-9,15H,6-7,12H2,1-5H3. The summed E-state index contributed by atoms with van der Waals surface area (Å²) in [5.41, 5.74) is 2.90. The second kappa shape index (κ2) is 5.57. The molecule has 1 aromatic rings. The van der Waals surface area contributed by atoms with Crippen LogP contribution in [0.4, 0.5) is 0 Å². The molecule has 0 aliphatic rings. The Balaban J connectivity index is 2.88. The first-order valence-electron chi connectivity index (χ1n) is 5.92. The SMILES string of the molecule is CCC(C)(C(Cc1ncnn1C)NN)N(C)C. The van der Waals surface area contributed by atoms with Gasteiger partial charge in [-0.3, -0.25) is 16.0 Å². The highest BCUT2D eigenvalue weighted by atomic mass is 15.3. The zero-order chi connectivity index (χ0) is 13.1. The lowest BCUT2D eigenvalue weighted by molar-refractivity contribution is 0.111. The summed E-state index contributed by atoms with van der Waals surface area (Å²) < 4.78 is 1.79. The fourth-order valence-electron chi connectivity index (χ4n) is 2.02. The fraction of sp³-hybridized carbons (Fsp3) is 0.818. The summed E-state index contributed by atoms with van der Waals surface area (Å²) in [5.74, 6) is 6.64. The van der Waals surface area contributed by atoms with Gasteiger partial charge >= 0.3 is 0 Å². The van der Waals surface area contributed by atoms with Gasteiger partial charge in [0, 0.05) is 25.0 Å². The molecular weight excluding hydrogens is 216 g/mol. The maximum atomic E-state index is 5.70. The molecular formula is C11H24N6. The van der Waals surface area contributed by atoms with Crippen molar-refractivity contribution in [2.45, 2.75) is 38.3 Å². The monoisotopic (exact) mass is 240 g/mol. The van der Waals surface area contributed by atoms with E-state index in [1.54, 1.807) is 11.0 Å². The predicted octanol–water partition coefficient (Wildman–Crippen LogP) is -0.0802. The van der Waals surface area contributed by atoms with E-state index in [9.17, 15) is 0 Å². The van der Waals surface area contributed by atoms with Crippen LogP contribution in [-0.2, 0) is 13.5 Å². The first-order chi connectivity index (χ1) is 7.95. The van der Waals surface area contributed by atoms with Crippen LogP contribution in [0, 0.1) is 0 Å². The number of likely N-dealkylation sites (N-methyl/N-ethyl adjacent to an activating group) is 1. The Morgan fingerprint density at radius 1 is 1.59 bits per heavy atom. The van der Waals surface area contributed by atoms with Crippen molar-refractivity contribution in [2.24, 2.45) is 12.9 Å². The van der Waals surface area contributed by atoms with Crippen LogP contribution in [0.3, 0.4) is 0 Å². The molecule has 0 bridgehead atoms. The van der Waals surface area contributed by atoms with Gasteiger partial charge in [0.25, 0.3) is 0 Å².